The summed E-state index contributed by atoms with van der Waals surface area (Å²) in [5.74, 6) is 0.298. The van der Waals surface area contributed by atoms with Crippen LogP contribution in [0, 0.1) is 0 Å². The molecule has 1 aromatic carbocycles. The third-order valence-electron chi connectivity index (χ3n) is 5.51. The van der Waals surface area contributed by atoms with E-state index in [2.05, 4.69) is 15.3 Å². The van der Waals surface area contributed by atoms with Gasteiger partial charge < -0.3 is 15.2 Å². The molecule has 1 aliphatic heterocycles. The predicted octanol–water partition coefficient (Wildman–Crippen LogP) is 3.47. The summed E-state index contributed by atoms with van der Waals surface area (Å²) in [6.45, 7) is 0.573. The standard InChI is InChI=1S/C22H23ClN4O5S/c23-16-3-4-18-19(12-16)25-9-5-21(18)32-17-6-10-27(11-7-17)33(30,31)14-20(26-22(28)29)15-2-1-8-24-13-15/h1-5,8-9,12-13,17,20,26H,6-7,10-11,14H2,(H,28,29). The predicted molar refractivity (Wildman–Crippen MR) is 124 cm³/mol. The molecular formula is C22H23ClN4O5S. The Labute approximate surface area is 196 Å². The second-order valence-corrected chi connectivity index (χ2v) is 10.2. The number of rotatable bonds is 7. The Balaban J connectivity index is 1.41. The summed E-state index contributed by atoms with van der Waals surface area (Å²) in [6, 6.07) is 9.56. The summed E-state index contributed by atoms with van der Waals surface area (Å²) in [6.07, 6.45) is 4.24. The van der Waals surface area contributed by atoms with Crippen LogP contribution in [-0.4, -0.2) is 58.8 Å². The summed E-state index contributed by atoms with van der Waals surface area (Å²) in [5, 5.41) is 12.9. The lowest BCUT2D eigenvalue weighted by atomic mass is 10.1. The zero-order valence-electron chi connectivity index (χ0n) is 17.6. The monoisotopic (exact) mass is 490 g/mol. The Morgan fingerprint density at radius 2 is 2.03 bits per heavy atom. The van der Waals surface area contributed by atoms with E-state index in [1.807, 2.05) is 6.07 Å². The molecule has 2 aromatic heterocycles. The van der Waals surface area contributed by atoms with Gasteiger partial charge >= 0.3 is 6.09 Å². The van der Waals surface area contributed by atoms with Crippen molar-refractivity contribution in [1.29, 1.82) is 0 Å². The number of hydrogen-bond donors (Lipinski definition) is 2. The first-order chi connectivity index (χ1) is 15.8. The number of benzene rings is 1. The van der Waals surface area contributed by atoms with E-state index in [1.54, 1.807) is 42.7 Å². The fraction of sp³-hybridized carbons (Fsp3) is 0.318. The fourth-order valence-corrected chi connectivity index (χ4v) is 5.72. The minimum Gasteiger partial charge on any atom is -0.490 e. The Hall–Kier alpha value is -2.95. The van der Waals surface area contributed by atoms with Crippen molar-refractivity contribution in [2.24, 2.45) is 0 Å². The highest BCUT2D eigenvalue weighted by Gasteiger charge is 2.32. The van der Waals surface area contributed by atoms with E-state index in [0.717, 1.165) is 10.9 Å². The van der Waals surface area contributed by atoms with Gasteiger partial charge in [0.15, 0.2) is 0 Å². The first kappa shape index (κ1) is 23.2. The van der Waals surface area contributed by atoms with Gasteiger partial charge in [-0.2, -0.15) is 0 Å². The molecule has 0 spiro atoms. The molecule has 4 rings (SSSR count). The Morgan fingerprint density at radius 3 is 2.73 bits per heavy atom. The van der Waals surface area contributed by atoms with E-state index in [9.17, 15) is 13.2 Å². The molecule has 0 aliphatic carbocycles. The fourth-order valence-electron chi connectivity index (χ4n) is 3.87. The van der Waals surface area contributed by atoms with Crippen molar-refractivity contribution >= 4 is 38.6 Å². The SMILES string of the molecule is O=C(O)NC(CS(=O)(=O)N1CCC(Oc2ccnc3cc(Cl)ccc23)CC1)c1cccnc1. The van der Waals surface area contributed by atoms with E-state index in [0.29, 0.717) is 29.2 Å². The molecule has 1 atom stereocenters. The molecule has 0 radical (unpaired) electrons. The van der Waals surface area contributed by atoms with Crippen LogP contribution in [0.3, 0.4) is 0 Å². The molecule has 3 heterocycles. The Kier molecular flexibility index (Phi) is 6.96. The molecule has 0 bridgehead atoms. The highest BCUT2D eigenvalue weighted by molar-refractivity contribution is 7.89. The van der Waals surface area contributed by atoms with Crippen LogP contribution in [0.4, 0.5) is 4.79 Å². The maximum Gasteiger partial charge on any atom is 0.405 e. The molecule has 1 amide bonds. The van der Waals surface area contributed by atoms with Crippen molar-refractivity contribution in [3.8, 4) is 5.75 Å². The number of aromatic nitrogens is 2. The van der Waals surface area contributed by atoms with Gasteiger partial charge in [0.2, 0.25) is 10.0 Å². The molecule has 1 aliphatic rings. The van der Waals surface area contributed by atoms with Crippen LogP contribution in [0.25, 0.3) is 10.9 Å². The van der Waals surface area contributed by atoms with Gasteiger partial charge in [-0.1, -0.05) is 17.7 Å². The Morgan fingerprint density at radius 1 is 1.24 bits per heavy atom. The van der Waals surface area contributed by atoms with Gasteiger partial charge in [0.05, 0.1) is 17.3 Å². The van der Waals surface area contributed by atoms with Crippen molar-refractivity contribution in [3.63, 3.8) is 0 Å². The molecule has 0 saturated carbocycles. The minimum absolute atomic E-state index is 0.149. The number of fused-ring (bicyclic) bond motifs is 1. The molecule has 3 aromatic rings. The number of ether oxygens (including phenoxy) is 1. The largest absolute Gasteiger partial charge is 0.490 e. The van der Waals surface area contributed by atoms with Crippen LogP contribution in [0.15, 0.2) is 55.0 Å². The topological polar surface area (TPSA) is 122 Å². The van der Waals surface area contributed by atoms with E-state index >= 15 is 0 Å². The Bertz CT molecular complexity index is 1230. The van der Waals surface area contributed by atoms with Crippen molar-refractivity contribution < 1.29 is 23.1 Å². The number of carboxylic acid groups (broad SMARTS) is 1. The first-order valence-corrected chi connectivity index (χ1v) is 12.4. The summed E-state index contributed by atoms with van der Waals surface area (Å²) in [7, 11) is -3.71. The van der Waals surface area contributed by atoms with Crippen LogP contribution < -0.4 is 10.1 Å². The first-order valence-electron chi connectivity index (χ1n) is 10.4. The van der Waals surface area contributed by atoms with E-state index < -0.39 is 22.2 Å². The molecule has 1 saturated heterocycles. The molecule has 9 nitrogen and oxygen atoms in total. The lowest BCUT2D eigenvalue weighted by Crippen LogP contribution is -2.45. The van der Waals surface area contributed by atoms with Gasteiger partial charge in [0.25, 0.3) is 0 Å². The molecule has 174 valence electrons. The van der Waals surface area contributed by atoms with Gasteiger partial charge in [-0.05, 0) is 48.7 Å². The highest BCUT2D eigenvalue weighted by atomic mass is 35.5. The zero-order chi connectivity index (χ0) is 23.4. The number of amides is 1. The number of nitrogens with one attached hydrogen (secondary N) is 1. The smallest absolute Gasteiger partial charge is 0.405 e. The van der Waals surface area contributed by atoms with Crippen molar-refractivity contribution in [3.05, 3.63) is 65.6 Å². The minimum atomic E-state index is -3.71. The molecule has 2 N–H and O–H groups in total. The molecule has 1 unspecified atom stereocenters. The van der Waals surface area contributed by atoms with Crippen LogP contribution in [0.5, 0.6) is 5.75 Å². The number of halogens is 1. The summed E-state index contributed by atoms with van der Waals surface area (Å²) >= 11 is 6.04. The van der Waals surface area contributed by atoms with Crippen LogP contribution in [0.2, 0.25) is 5.02 Å². The van der Waals surface area contributed by atoms with Crippen LogP contribution >= 0.6 is 11.6 Å². The molecule has 1 fully saturated rings. The maximum atomic E-state index is 13.0. The number of pyridine rings is 2. The van der Waals surface area contributed by atoms with Crippen molar-refractivity contribution in [2.75, 3.05) is 18.8 Å². The average Bonchev–Trinajstić information content (AvgIpc) is 2.79. The number of carbonyl (C=O) groups is 1. The van der Waals surface area contributed by atoms with Gasteiger partial charge in [-0.3, -0.25) is 9.97 Å². The molecule has 11 heteroatoms. The van der Waals surface area contributed by atoms with Gasteiger partial charge in [0.1, 0.15) is 11.9 Å². The number of piperidine rings is 1. The van der Waals surface area contributed by atoms with Gasteiger partial charge in [-0.15, -0.1) is 0 Å². The lowest BCUT2D eigenvalue weighted by molar-refractivity contribution is 0.136. The number of hydrogen-bond acceptors (Lipinski definition) is 6. The summed E-state index contributed by atoms with van der Waals surface area (Å²) < 4.78 is 33.6. The third kappa shape index (κ3) is 5.70. The van der Waals surface area contributed by atoms with E-state index in [1.165, 1.54) is 10.5 Å². The van der Waals surface area contributed by atoms with E-state index in [-0.39, 0.29) is 24.9 Å². The van der Waals surface area contributed by atoms with Crippen molar-refractivity contribution in [1.82, 2.24) is 19.6 Å². The maximum absolute atomic E-state index is 13.0. The average molecular weight is 491 g/mol. The highest BCUT2D eigenvalue weighted by Crippen LogP contribution is 2.29. The lowest BCUT2D eigenvalue weighted by Gasteiger charge is -2.32. The number of sulfonamides is 1. The van der Waals surface area contributed by atoms with E-state index in [4.69, 9.17) is 21.4 Å². The second kappa shape index (κ2) is 9.90. The zero-order valence-corrected chi connectivity index (χ0v) is 19.2. The number of nitrogens with zero attached hydrogens (tertiary/aromatic N) is 3. The normalized spacial score (nSPS) is 16.4. The van der Waals surface area contributed by atoms with Gasteiger partial charge in [-0.25, -0.2) is 17.5 Å². The summed E-state index contributed by atoms with van der Waals surface area (Å²) in [4.78, 5) is 19.5. The molecule has 33 heavy (non-hydrogen) atoms. The van der Waals surface area contributed by atoms with Crippen LogP contribution in [0.1, 0.15) is 24.4 Å². The van der Waals surface area contributed by atoms with Crippen molar-refractivity contribution in [2.45, 2.75) is 25.0 Å². The molecular weight excluding hydrogens is 468 g/mol. The van der Waals surface area contributed by atoms with Gasteiger partial charge in [0, 0.05) is 42.1 Å². The van der Waals surface area contributed by atoms with Crippen LogP contribution in [-0.2, 0) is 10.0 Å². The summed E-state index contributed by atoms with van der Waals surface area (Å²) in [5.41, 5.74) is 1.22. The quantitative estimate of drug-likeness (QED) is 0.520. The third-order valence-corrected chi connectivity index (χ3v) is 7.66. The second-order valence-electron chi connectivity index (χ2n) is 7.75.